The number of aromatic nitrogens is 4. The minimum Gasteiger partial charge on any atom is -0.368 e. The summed E-state index contributed by atoms with van der Waals surface area (Å²) in [4.78, 5) is 14.3. The molecule has 102 valence electrons. The van der Waals surface area contributed by atoms with Gasteiger partial charge < -0.3 is 15.2 Å². The SMILES string of the molecule is Cc1cc(CSCc2nc(N)nc(N(C)C)n2)on1. The molecule has 0 bridgehead atoms. The summed E-state index contributed by atoms with van der Waals surface area (Å²) in [6.07, 6.45) is 0. The second-order valence-electron chi connectivity index (χ2n) is 4.23. The van der Waals surface area contributed by atoms with Crippen LogP contribution < -0.4 is 10.6 Å². The minimum absolute atomic E-state index is 0.241. The molecule has 0 aliphatic rings. The number of hydrogen-bond donors (Lipinski definition) is 1. The third kappa shape index (κ3) is 3.82. The zero-order valence-electron chi connectivity index (χ0n) is 11.1. The van der Waals surface area contributed by atoms with E-state index in [1.54, 1.807) is 16.7 Å². The van der Waals surface area contributed by atoms with Crippen LogP contribution in [0.15, 0.2) is 10.6 Å². The zero-order valence-corrected chi connectivity index (χ0v) is 11.9. The number of nitrogens with two attached hydrogens (primary N) is 1. The van der Waals surface area contributed by atoms with Gasteiger partial charge in [-0.15, -0.1) is 11.8 Å². The first-order valence-electron chi connectivity index (χ1n) is 5.72. The Morgan fingerprint density at radius 2 is 2.05 bits per heavy atom. The van der Waals surface area contributed by atoms with Crippen molar-refractivity contribution in [3.05, 3.63) is 23.3 Å². The number of rotatable bonds is 5. The maximum absolute atomic E-state index is 5.66. The molecule has 0 radical (unpaired) electrons. The number of anilines is 2. The number of aryl methyl sites for hydroxylation is 1. The van der Waals surface area contributed by atoms with Gasteiger partial charge in [0.1, 0.15) is 11.6 Å². The van der Waals surface area contributed by atoms with Gasteiger partial charge in [0, 0.05) is 20.2 Å². The summed E-state index contributed by atoms with van der Waals surface area (Å²) in [6, 6.07) is 1.92. The zero-order chi connectivity index (χ0) is 13.8. The molecule has 0 spiro atoms. The smallest absolute Gasteiger partial charge is 0.229 e. The molecule has 7 nitrogen and oxygen atoms in total. The molecule has 19 heavy (non-hydrogen) atoms. The average Bonchev–Trinajstić information content (AvgIpc) is 2.74. The molecule has 2 N–H and O–H groups in total. The Bertz CT molecular complexity index is 556. The maximum atomic E-state index is 5.66. The highest BCUT2D eigenvalue weighted by molar-refractivity contribution is 7.97. The molecular weight excluding hydrogens is 264 g/mol. The quantitative estimate of drug-likeness (QED) is 0.874. The Labute approximate surface area is 115 Å². The fraction of sp³-hybridized carbons (Fsp3) is 0.455. The first kappa shape index (κ1) is 13.6. The van der Waals surface area contributed by atoms with E-state index < -0.39 is 0 Å². The van der Waals surface area contributed by atoms with Gasteiger partial charge >= 0.3 is 0 Å². The summed E-state index contributed by atoms with van der Waals surface area (Å²) in [7, 11) is 3.73. The molecule has 0 aliphatic heterocycles. The molecule has 0 saturated heterocycles. The van der Waals surface area contributed by atoms with E-state index in [-0.39, 0.29) is 5.95 Å². The Kier molecular flexibility index (Phi) is 4.20. The topological polar surface area (TPSA) is 94.0 Å². The van der Waals surface area contributed by atoms with E-state index in [1.165, 1.54) is 0 Å². The molecule has 2 rings (SSSR count). The third-order valence-corrected chi connectivity index (χ3v) is 3.19. The molecule has 8 heteroatoms. The van der Waals surface area contributed by atoms with E-state index >= 15 is 0 Å². The van der Waals surface area contributed by atoms with Gasteiger partial charge in [-0.3, -0.25) is 0 Å². The van der Waals surface area contributed by atoms with Gasteiger partial charge in [0.25, 0.3) is 0 Å². The monoisotopic (exact) mass is 280 g/mol. The van der Waals surface area contributed by atoms with Gasteiger partial charge in [0.05, 0.1) is 17.2 Å². The van der Waals surface area contributed by atoms with Gasteiger partial charge in [-0.25, -0.2) is 0 Å². The van der Waals surface area contributed by atoms with Crippen LogP contribution in [0.3, 0.4) is 0 Å². The molecule has 2 aromatic rings. The van der Waals surface area contributed by atoms with Crippen LogP contribution in [-0.4, -0.2) is 34.2 Å². The lowest BCUT2D eigenvalue weighted by Gasteiger charge is -2.11. The Balaban J connectivity index is 1.95. The second kappa shape index (κ2) is 5.87. The minimum atomic E-state index is 0.241. The summed E-state index contributed by atoms with van der Waals surface area (Å²) in [5.74, 6) is 3.69. The molecule has 0 aliphatic carbocycles. The van der Waals surface area contributed by atoms with Gasteiger partial charge in [-0.05, 0) is 6.92 Å². The lowest BCUT2D eigenvalue weighted by Crippen LogP contribution is -2.15. The largest absolute Gasteiger partial charge is 0.368 e. The summed E-state index contributed by atoms with van der Waals surface area (Å²) >= 11 is 1.64. The summed E-state index contributed by atoms with van der Waals surface area (Å²) in [6.45, 7) is 1.90. The van der Waals surface area contributed by atoms with Gasteiger partial charge in [-0.2, -0.15) is 15.0 Å². The van der Waals surface area contributed by atoms with Crippen LogP contribution in [0, 0.1) is 6.92 Å². The van der Waals surface area contributed by atoms with E-state index in [2.05, 4.69) is 20.1 Å². The summed E-state index contributed by atoms with van der Waals surface area (Å²) in [5.41, 5.74) is 6.54. The van der Waals surface area contributed by atoms with Crippen molar-refractivity contribution in [2.75, 3.05) is 24.7 Å². The Hall–Kier alpha value is -1.83. The molecule has 0 fully saturated rings. The Morgan fingerprint density at radius 1 is 1.26 bits per heavy atom. The second-order valence-corrected chi connectivity index (χ2v) is 5.22. The molecule has 0 unspecified atom stereocenters. The lowest BCUT2D eigenvalue weighted by molar-refractivity contribution is 0.391. The van der Waals surface area contributed by atoms with Gasteiger partial charge in [-0.1, -0.05) is 5.16 Å². The van der Waals surface area contributed by atoms with Crippen molar-refractivity contribution in [1.82, 2.24) is 20.1 Å². The van der Waals surface area contributed by atoms with Crippen LogP contribution in [0.25, 0.3) is 0 Å². The predicted octanol–water partition coefficient (Wildman–Crippen LogP) is 1.25. The fourth-order valence-electron chi connectivity index (χ4n) is 1.42. The summed E-state index contributed by atoms with van der Waals surface area (Å²) < 4.78 is 5.13. The van der Waals surface area contributed by atoms with Crippen LogP contribution in [0.4, 0.5) is 11.9 Å². The van der Waals surface area contributed by atoms with E-state index in [4.69, 9.17) is 10.3 Å². The molecule has 0 aromatic carbocycles. The standard InChI is InChI=1S/C11H16N6OS/c1-7-4-8(18-16-7)5-19-6-9-13-10(12)15-11(14-9)17(2)3/h4H,5-6H2,1-3H3,(H2,12,13,14,15). The highest BCUT2D eigenvalue weighted by atomic mass is 32.2. The van der Waals surface area contributed by atoms with Crippen LogP contribution in [-0.2, 0) is 11.5 Å². The molecule has 2 aromatic heterocycles. The van der Waals surface area contributed by atoms with Crippen molar-refractivity contribution in [3.8, 4) is 0 Å². The normalized spacial score (nSPS) is 10.7. The molecule has 0 amide bonds. The van der Waals surface area contributed by atoms with Crippen molar-refractivity contribution in [1.29, 1.82) is 0 Å². The number of nitrogen functional groups attached to an aromatic ring is 1. The number of thioether (sulfide) groups is 1. The number of nitrogens with zero attached hydrogens (tertiary/aromatic N) is 5. The van der Waals surface area contributed by atoms with Crippen molar-refractivity contribution in [2.24, 2.45) is 0 Å². The van der Waals surface area contributed by atoms with E-state index in [9.17, 15) is 0 Å². The number of hydrogen-bond acceptors (Lipinski definition) is 8. The van der Waals surface area contributed by atoms with Crippen molar-refractivity contribution >= 4 is 23.7 Å². The molecule has 0 saturated carbocycles. The van der Waals surface area contributed by atoms with Gasteiger partial charge in [0.2, 0.25) is 11.9 Å². The highest BCUT2D eigenvalue weighted by Crippen LogP contribution is 2.17. The third-order valence-electron chi connectivity index (χ3n) is 2.24. The molecule has 2 heterocycles. The van der Waals surface area contributed by atoms with Crippen molar-refractivity contribution in [3.63, 3.8) is 0 Å². The highest BCUT2D eigenvalue weighted by Gasteiger charge is 2.07. The average molecular weight is 280 g/mol. The Morgan fingerprint density at radius 3 is 2.68 bits per heavy atom. The molecule has 0 atom stereocenters. The first-order chi connectivity index (χ1) is 9.04. The summed E-state index contributed by atoms with van der Waals surface area (Å²) in [5, 5.41) is 3.84. The van der Waals surface area contributed by atoms with Crippen molar-refractivity contribution < 1.29 is 4.52 Å². The van der Waals surface area contributed by atoms with E-state index in [0.29, 0.717) is 17.5 Å². The van der Waals surface area contributed by atoms with Crippen LogP contribution in [0.1, 0.15) is 17.3 Å². The first-order valence-corrected chi connectivity index (χ1v) is 6.88. The van der Waals surface area contributed by atoms with Gasteiger partial charge in [0.15, 0.2) is 0 Å². The van der Waals surface area contributed by atoms with Crippen molar-refractivity contribution in [2.45, 2.75) is 18.4 Å². The predicted molar refractivity (Wildman–Crippen MR) is 74.8 cm³/mol. The lowest BCUT2D eigenvalue weighted by atomic mass is 10.4. The fourth-order valence-corrected chi connectivity index (χ4v) is 2.17. The van der Waals surface area contributed by atoms with Crippen LogP contribution in [0.2, 0.25) is 0 Å². The van der Waals surface area contributed by atoms with Crippen LogP contribution in [0.5, 0.6) is 0 Å². The van der Waals surface area contributed by atoms with Crippen LogP contribution >= 0.6 is 11.8 Å². The molecular formula is C11H16N6OS. The maximum Gasteiger partial charge on any atom is 0.229 e. The van der Waals surface area contributed by atoms with E-state index in [0.717, 1.165) is 17.2 Å². The van der Waals surface area contributed by atoms with E-state index in [1.807, 2.05) is 27.1 Å².